The highest BCUT2D eigenvalue weighted by molar-refractivity contribution is 7.89. The van der Waals surface area contributed by atoms with Crippen LogP contribution in [0.2, 0.25) is 0 Å². The Morgan fingerprint density at radius 1 is 1.45 bits per heavy atom. The number of amides is 1. The van der Waals surface area contributed by atoms with Crippen molar-refractivity contribution in [3.8, 4) is 6.07 Å². The smallest absolute Gasteiger partial charge is 0.311 e. The molecule has 0 radical (unpaired) electrons. The summed E-state index contributed by atoms with van der Waals surface area (Å²) in [6.07, 6.45) is 1.39. The van der Waals surface area contributed by atoms with Crippen LogP contribution < -0.4 is 9.62 Å². The number of carbonyl (C=O) groups is 1. The second-order valence-electron chi connectivity index (χ2n) is 4.50. The number of nitrogens with one attached hydrogen (secondary N) is 1. The van der Waals surface area contributed by atoms with E-state index < -0.39 is 17.3 Å². The van der Waals surface area contributed by atoms with Crippen molar-refractivity contribution in [3.63, 3.8) is 0 Å². The van der Waals surface area contributed by atoms with E-state index in [4.69, 9.17) is 5.26 Å². The number of nitriles is 1. The van der Waals surface area contributed by atoms with Gasteiger partial charge in [-0.15, -0.1) is 11.3 Å². The molecule has 1 unspecified atom stereocenters. The van der Waals surface area contributed by atoms with Gasteiger partial charge in [-0.1, -0.05) is 0 Å². The number of hydrogen-bond donors (Lipinski definition) is 1. The SMILES string of the molecule is Cc1sc(N(C)c2ccc(C#N)cc2)nc1C(=O)N[S+](C)[O-]. The Balaban J connectivity index is 2.25. The summed E-state index contributed by atoms with van der Waals surface area (Å²) < 4.78 is 13.4. The van der Waals surface area contributed by atoms with Crippen molar-refractivity contribution in [1.29, 1.82) is 5.26 Å². The number of aryl methyl sites for hydroxylation is 1. The molecule has 1 heterocycles. The molecule has 2 rings (SSSR count). The van der Waals surface area contributed by atoms with Crippen LogP contribution >= 0.6 is 11.3 Å². The predicted molar refractivity (Wildman–Crippen MR) is 87.6 cm³/mol. The predicted octanol–water partition coefficient (Wildman–Crippen LogP) is 2.11. The molecule has 1 atom stereocenters. The van der Waals surface area contributed by atoms with E-state index in [1.807, 2.05) is 24.1 Å². The maximum absolute atomic E-state index is 11.9. The number of thiazole rings is 1. The number of anilines is 2. The number of carbonyl (C=O) groups excluding carboxylic acids is 1. The lowest BCUT2D eigenvalue weighted by Gasteiger charge is -2.15. The first-order valence-corrected chi connectivity index (χ1v) is 8.65. The summed E-state index contributed by atoms with van der Waals surface area (Å²) in [5.41, 5.74) is 1.72. The summed E-state index contributed by atoms with van der Waals surface area (Å²) in [6, 6.07) is 9.14. The number of benzene rings is 1. The van der Waals surface area contributed by atoms with Crippen molar-refractivity contribution in [2.24, 2.45) is 0 Å². The highest BCUT2D eigenvalue weighted by Gasteiger charge is 2.20. The van der Waals surface area contributed by atoms with Gasteiger partial charge in [0.15, 0.2) is 5.13 Å². The van der Waals surface area contributed by atoms with Crippen LogP contribution in [0.25, 0.3) is 0 Å². The maximum atomic E-state index is 11.9. The number of nitrogens with zero attached hydrogens (tertiary/aromatic N) is 3. The number of rotatable bonds is 4. The van der Waals surface area contributed by atoms with E-state index in [-0.39, 0.29) is 5.69 Å². The Kier molecular flexibility index (Phi) is 5.03. The molecule has 2 aromatic rings. The lowest BCUT2D eigenvalue weighted by molar-refractivity contribution is 0.0977. The molecule has 8 heteroatoms. The van der Waals surface area contributed by atoms with Crippen molar-refractivity contribution in [2.45, 2.75) is 6.92 Å². The summed E-state index contributed by atoms with van der Waals surface area (Å²) in [5.74, 6) is -0.450. The molecule has 6 nitrogen and oxygen atoms in total. The van der Waals surface area contributed by atoms with Gasteiger partial charge in [0.1, 0.15) is 11.9 Å². The minimum Gasteiger partial charge on any atom is -0.593 e. The molecular formula is C14H14N4O2S2. The lowest BCUT2D eigenvalue weighted by Crippen LogP contribution is -2.30. The Morgan fingerprint density at radius 3 is 2.64 bits per heavy atom. The quantitative estimate of drug-likeness (QED) is 0.865. The van der Waals surface area contributed by atoms with Crippen LogP contribution in [0.4, 0.5) is 10.8 Å². The van der Waals surface area contributed by atoms with Crippen molar-refractivity contribution in [3.05, 3.63) is 40.4 Å². The van der Waals surface area contributed by atoms with Gasteiger partial charge in [-0.25, -0.2) is 4.98 Å². The second kappa shape index (κ2) is 6.79. The fraction of sp³-hybridized carbons (Fsp3) is 0.214. The Bertz CT molecular complexity index is 719. The summed E-state index contributed by atoms with van der Waals surface area (Å²) in [7, 11) is 1.83. The van der Waals surface area contributed by atoms with E-state index in [9.17, 15) is 9.35 Å². The van der Waals surface area contributed by atoms with Crippen LogP contribution in [0.15, 0.2) is 24.3 Å². The van der Waals surface area contributed by atoms with Crippen molar-refractivity contribution in [1.82, 2.24) is 9.71 Å². The maximum Gasteiger partial charge on any atom is 0.311 e. The third kappa shape index (κ3) is 3.57. The molecule has 1 amide bonds. The van der Waals surface area contributed by atoms with Gasteiger partial charge in [0.25, 0.3) is 0 Å². The van der Waals surface area contributed by atoms with E-state index in [0.717, 1.165) is 10.6 Å². The first kappa shape index (κ1) is 16.3. The third-order valence-corrected chi connectivity index (χ3v) is 4.43. The molecule has 0 aliphatic rings. The first-order valence-electron chi connectivity index (χ1n) is 6.28. The average Bonchev–Trinajstić information content (AvgIpc) is 2.88. The molecule has 1 N–H and O–H groups in total. The average molecular weight is 334 g/mol. The monoisotopic (exact) mass is 334 g/mol. The summed E-state index contributed by atoms with van der Waals surface area (Å²) in [4.78, 5) is 18.8. The molecular weight excluding hydrogens is 320 g/mol. The highest BCUT2D eigenvalue weighted by atomic mass is 32.2. The van der Waals surface area contributed by atoms with Crippen LogP contribution in [0.3, 0.4) is 0 Å². The third-order valence-electron chi connectivity index (χ3n) is 2.91. The molecule has 0 aliphatic carbocycles. The zero-order valence-electron chi connectivity index (χ0n) is 12.3. The Labute approximate surface area is 135 Å². The normalized spacial score (nSPS) is 11.6. The van der Waals surface area contributed by atoms with E-state index >= 15 is 0 Å². The largest absolute Gasteiger partial charge is 0.593 e. The molecule has 114 valence electrons. The molecule has 0 aliphatic heterocycles. The molecule has 1 aromatic carbocycles. The van der Waals surface area contributed by atoms with E-state index in [1.165, 1.54) is 17.6 Å². The van der Waals surface area contributed by atoms with Crippen LogP contribution in [0, 0.1) is 18.3 Å². The van der Waals surface area contributed by atoms with Crippen molar-refractivity contribution < 1.29 is 9.35 Å². The minimum absolute atomic E-state index is 0.274. The van der Waals surface area contributed by atoms with Gasteiger partial charge in [-0.3, -0.25) is 4.79 Å². The molecule has 0 spiro atoms. The zero-order chi connectivity index (χ0) is 16.3. The van der Waals surface area contributed by atoms with E-state index in [1.54, 1.807) is 19.1 Å². The number of hydrogen-bond acceptors (Lipinski definition) is 6. The second-order valence-corrected chi connectivity index (χ2v) is 6.80. The Morgan fingerprint density at radius 2 is 2.09 bits per heavy atom. The van der Waals surface area contributed by atoms with E-state index in [0.29, 0.717) is 10.7 Å². The zero-order valence-corrected chi connectivity index (χ0v) is 13.9. The fourth-order valence-corrected chi connectivity index (χ4v) is 3.03. The van der Waals surface area contributed by atoms with Crippen LogP contribution in [0.5, 0.6) is 0 Å². The Hall–Kier alpha value is -2.08. The minimum atomic E-state index is -1.42. The van der Waals surface area contributed by atoms with Crippen molar-refractivity contribution in [2.75, 3.05) is 18.2 Å². The number of aromatic nitrogens is 1. The van der Waals surface area contributed by atoms with Crippen molar-refractivity contribution >= 4 is 39.4 Å². The molecule has 22 heavy (non-hydrogen) atoms. The van der Waals surface area contributed by atoms with Gasteiger partial charge >= 0.3 is 5.91 Å². The highest BCUT2D eigenvalue weighted by Crippen LogP contribution is 2.30. The van der Waals surface area contributed by atoms with E-state index in [2.05, 4.69) is 15.8 Å². The van der Waals surface area contributed by atoms with Crippen LogP contribution in [-0.4, -0.2) is 28.7 Å². The molecule has 0 fully saturated rings. The molecule has 0 bridgehead atoms. The standard InChI is InChI=1S/C14H14N4O2S2/c1-9-12(13(19)17-22(3)20)16-14(21-9)18(2)11-6-4-10(8-15)5-7-11/h4-7H,1-3H3,(H,17,19). The van der Waals surface area contributed by atoms with Gasteiger partial charge in [-0.05, 0) is 31.2 Å². The van der Waals surface area contributed by atoms with Gasteiger partial charge in [-0.2, -0.15) is 9.98 Å². The van der Waals surface area contributed by atoms with Gasteiger partial charge < -0.3 is 9.45 Å². The van der Waals surface area contributed by atoms with Gasteiger partial charge in [0.05, 0.1) is 23.0 Å². The first-order chi connectivity index (χ1) is 10.4. The molecule has 0 saturated heterocycles. The molecule has 1 aromatic heterocycles. The summed E-state index contributed by atoms with van der Waals surface area (Å²) in [6.45, 7) is 1.79. The summed E-state index contributed by atoms with van der Waals surface area (Å²) >= 11 is -0.0521. The fourth-order valence-electron chi connectivity index (χ4n) is 1.79. The van der Waals surface area contributed by atoms with Gasteiger partial charge in [0.2, 0.25) is 0 Å². The summed E-state index contributed by atoms with van der Waals surface area (Å²) in [5, 5.41) is 9.46. The lowest BCUT2D eigenvalue weighted by atomic mass is 10.2. The van der Waals surface area contributed by atoms with Gasteiger partial charge in [0, 0.05) is 17.6 Å². The van der Waals surface area contributed by atoms with Crippen LogP contribution in [0.1, 0.15) is 20.9 Å². The van der Waals surface area contributed by atoms with Crippen LogP contribution in [-0.2, 0) is 11.4 Å². The topological polar surface area (TPSA) is 92.1 Å². The molecule has 0 saturated carbocycles.